The molecule has 2 aromatic heterocycles. The summed E-state index contributed by atoms with van der Waals surface area (Å²) >= 11 is 1.76. The smallest absolute Gasteiger partial charge is 0.0794 e. The maximum absolute atomic E-state index is 4.18. The lowest BCUT2D eigenvalue weighted by molar-refractivity contribution is 0.332. The van der Waals surface area contributed by atoms with Gasteiger partial charge >= 0.3 is 0 Å². The molecule has 0 atom stereocenters. The van der Waals surface area contributed by atoms with E-state index in [9.17, 15) is 0 Å². The Balaban J connectivity index is 1.82. The van der Waals surface area contributed by atoms with Crippen molar-refractivity contribution in [1.29, 1.82) is 0 Å². The van der Waals surface area contributed by atoms with Crippen LogP contribution in [-0.2, 0) is 6.54 Å². The predicted octanol–water partition coefficient (Wildman–Crippen LogP) is 2.73. The summed E-state index contributed by atoms with van der Waals surface area (Å²) < 4.78 is 0. The topological polar surface area (TPSA) is 31.9 Å². The minimum atomic E-state index is 1.03. The highest BCUT2D eigenvalue weighted by molar-refractivity contribution is 7.13. The van der Waals surface area contributed by atoms with Gasteiger partial charge < -0.3 is 0 Å². The first-order chi connectivity index (χ1) is 7.93. The largest absolute Gasteiger partial charge is 0.299 e. The van der Waals surface area contributed by atoms with E-state index in [2.05, 4.69) is 32.6 Å². The monoisotopic (exact) mass is 233 g/mol. The molecule has 1 N–H and O–H groups in total. The summed E-state index contributed by atoms with van der Waals surface area (Å²) in [6.07, 6.45) is 4.64. The van der Waals surface area contributed by atoms with Gasteiger partial charge in [-0.05, 0) is 37.4 Å². The first-order valence-electron chi connectivity index (χ1n) is 5.72. The van der Waals surface area contributed by atoms with Gasteiger partial charge in [0.15, 0.2) is 0 Å². The Hall–Kier alpha value is -1.13. The fourth-order valence-corrected chi connectivity index (χ4v) is 3.00. The number of nitrogens with one attached hydrogen (secondary N) is 1. The van der Waals surface area contributed by atoms with Crippen molar-refractivity contribution < 1.29 is 0 Å². The van der Waals surface area contributed by atoms with Gasteiger partial charge in [-0.2, -0.15) is 5.10 Å². The van der Waals surface area contributed by atoms with E-state index in [1.165, 1.54) is 42.1 Å². The van der Waals surface area contributed by atoms with Gasteiger partial charge in [0.2, 0.25) is 0 Å². The summed E-state index contributed by atoms with van der Waals surface area (Å²) in [7, 11) is 0. The predicted molar refractivity (Wildman–Crippen MR) is 66.4 cm³/mol. The van der Waals surface area contributed by atoms with Gasteiger partial charge in [-0.1, -0.05) is 6.07 Å². The van der Waals surface area contributed by atoms with Crippen molar-refractivity contribution in [3.63, 3.8) is 0 Å². The molecular formula is C12H15N3S. The van der Waals surface area contributed by atoms with Crippen molar-refractivity contribution in [3.05, 3.63) is 29.3 Å². The van der Waals surface area contributed by atoms with Gasteiger partial charge in [-0.3, -0.25) is 10.00 Å². The van der Waals surface area contributed by atoms with Crippen LogP contribution in [0.25, 0.3) is 10.6 Å². The zero-order valence-corrected chi connectivity index (χ0v) is 9.96. The van der Waals surface area contributed by atoms with Crippen LogP contribution in [0.5, 0.6) is 0 Å². The molecule has 1 aliphatic rings. The summed E-state index contributed by atoms with van der Waals surface area (Å²) in [6.45, 7) is 3.49. The zero-order valence-electron chi connectivity index (χ0n) is 9.15. The Morgan fingerprint density at radius 2 is 2.25 bits per heavy atom. The second kappa shape index (κ2) is 4.39. The first-order valence-corrected chi connectivity index (χ1v) is 6.60. The lowest BCUT2D eigenvalue weighted by atomic mass is 10.2. The average molecular weight is 233 g/mol. The molecule has 3 rings (SSSR count). The molecule has 0 bridgehead atoms. The molecule has 0 radical (unpaired) electrons. The number of hydrogen-bond acceptors (Lipinski definition) is 3. The van der Waals surface area contributed by atoms with Crippen molar-refractivity contribution in [2.45, 2.75) is 19.4 Å². The molecule has 16 heavy (non-hydrogen) atoms. The molecule has 3 heterocycles. The molecule has 2 aromatic rings. The number of aromatic nitrogens is 2. The fourth-order valence-electron chi connectivity index (χ4n) is 2.25. The molecule has 1 saturated heterocycles. The Morgan fingerprint density at radius 3 is 3.00 bits per heavy atom. The molecule has 84 valence electrons. The quantitative estimate of drug-likeness (QED) is 0.884. The summed E-state index contributed by atoms with van der Waals surface area (Å²) in [5, 5.41) is 9.40. The maximum atomic E-state index is 4.18. The number of rotatable bonds is 3. The Labute approximate surface area is 99.1 Å². The molecule has 0 unspecified atom stereocenters. The van der Waals surface area contributed by atoms with Crippen LogP contribution in [0, 0.1) is 0 Å². The molecule has 0 aromatic carbocycles. The highest BCUT2D eigenvalue weighted by atomic mass is 32.1. The van der Waals surface area contributed by atoms with Crippen LogP contribution in [-0.4, -0.2) is 28.2 Å². The minimum absolute atomic E-state index is 1.03. The molecule has 0 saturated carbocycles. The zero-order chi connectivity index (χ0) is 10.8. The fraction of sp³-hybridized carbons (Fsp3) is 0.417. The minimum Gasteiger partial charge on any atom is -0.299 e. The normalized spacial score (nSPS) is 17.0. The van der Waals surface area contributed by atoms with Gasteiger partial charge in [0.25, 0.3) is 0 Å². The summed E-state index contributed by atoms with van der Waals surface area (Å²) in [4.78, 5) is 3.79. The van der Waals surface area contributed by atoms with Gasteiger partial charge in [-0.15, -0.1) is 11.3 Å². The van der Waals surface area contributed by atoms with Crippen molar-refractivity contribution in [1.82, 2.24) is 15.1 Å². The Morgan fingerprint density at radius 1 is 1.38 bits per heavy atom. The van der Waals surface area contributed by atoms with Crippen LogP contribution >= 0.6 is 11.3 Å². The Bertz CT molecular complexity index is 441. The molecule has 0 aliphatic carbocycles. The van der Waals surface area contributed by atoms with Crippen LogP contribution in [0.2, 0.25) is 0 Å². The molecule has 0 spiro atoms. The van der Waals surface area contributed by atoms with Crippen LogP contribution in [0.15, 0.2) is 23.7 Å². The standard InChI is InChI=1S/C12H15N3S/c1-2-6-15(5-1)9-10-8-13-14-12(10)11-4-3-7-16-11/h3-4,7-8H,1-2,5-6,9H2,(H,13,14). The van der Waals surface area contributed by atoms with Crippen LogP contribution < -0.4 is 0 Å². The summed E-state index contributed by atoms with van der Waals surface area (Å²) in [6, 6.07) is 4.23. The van der Waals surface area contributed by atoms with E-state index in [4.69, 9.17) is 0 Å². The van der Waals surface area contributed by atoms with E-state index in [-0.39, 0.29) is 0 Å². The molecule has 4 heteroatoms. The van der Waals surface area contributed by atoms with Crippen LogP contribution in [0.3, 0.4) is 0 Å². The molecule has 1 aliphatic heterocycles. The number of H-pyrrole nitrogens is 1. The summed E-state index contributed by atoms with van der Waals surface area (Å²) in [5.41, 5.74) is 2.52. The first kappa shape index (κ1) is 10.1. The van der Waals surface area contributed by atoms with E-state index in [1.54, 1.807) is 11.3 Å². The molecular weight excluding hydrogens is 218 g/mol. The van der Waals surface area contributed by atoms with Crippen molar-refractivity contribution in [3.8, 4) is 10.6 Å². The second-order valence-corrected chi connectivity index (χ2v) is 5.18. The van der Waals surface area contributed by atoms with E-state index in [1.807, 2.05) is 6.20 Å². The number of nitrogens with zero attached hydrogens (tertiary/aromatic N) is 2. The molecule has 0 amide bonds. The van der Waals surface area contributed by atoms with E-state index < -0.39 is 0 Å². The lowest BCUT2D eigenvalue weighted by Gasteiger charge is -2.13. The third kappa shape index (κ3) is 1.90. The highest BCUT2D eigenvalue weighted by Crippen LogP contribution is 2.27. The van der Waals surface area contributed by atoms with E-state index in [0.717, 1.165) is 6.54 Å². The molecule has 1 fully saturated rings. The third-order valence-electron chi connectivity index (χ3n) is 3.08. The average Bonchev–Trinajstić information content (AvgIpc) is 2.98. The van der Waals surface area contributed by atoms with Crippen LogP contribution in [0.4, 0.5) is 0 Å². The van der Waals surface area contributed by atoms with Crippen molar-refractivity contribution >= 4 is 11.3 Å². The maximum Gasteiger partial charge on any atom is 0.0794 e. The molecule has 3 nitrogen and oxygen atoms in total. The second-order valence-electron chi connectivity index (χ2n) is 4.23. The number of hydrogen-bond donors (Lipinski definition) is 1. The number of thiophene rings is 1. The highest BCUT2D eigenvalue weighted by Gasteiger charge is 2.15. The third-order valence-corrected chi connectivity index (χ3v) is 3.97. The summed E-state index contributed by atoms with van der Waals surface area (Å²) in [5.74, 6) is 0. The van der Waals surface area contributed by atoms with Gasteiger partial charge in [0.05, 0.1) is 16.8 Å². The number of aromatic amines is 1. The van der Waals surface area contributed by atoms with Crippen molar-refractivity contribution in [2.75, 3.05) is 13.1 Å². The number of likely N-dealkylation sites (tertiary alicyclic amines) is 1. The van der Waals surface area contributed by atoms with Gasteiger partial charge in [0.1, 0.15) is 0 Å². The van der Waals surface area contributed by atoms with E-state index in [0.29, 0.717) is 0 Å². The lowest BCUT2D eigenvalue weighted by Crippen LogP contribution is -2.18. The van der Waals surface area contributed by atoms with Crippen LogP contribution in [0.1, 0.15) is 18.4 Å². The van der Waals surface area contributed by atoms with Crippen molar-refractivity contribution in [2.24, 2.45) is 0 Å². The van der Waals surface area contributed by atoms with Gasteiger partial charge in [-0.25, -0.2) is 0 Å². The van der Waals surface area contributed by atoms with E-state index >= 15 is 0 Å². The SMILES string of the molecule is c1csc(-c2[nH]ncc2CN2CCCC2)c1. The van der Waals surface area contributed by atoms with Gasteiger partial charge in [0, 0.05) is 12.1 Å². The Kier molecular flexibility index (Phi) is 2.76.